The number of aryl methyl sites for hydroxylation is 1. The van der Waals surface area contributed by atoms with Crippen LogP contribution in [0.3, 0.4) is 0 Å². The number of piperidine rings is 1. The number of aromatic amines is 1. The van der Waals surface area contributed by atoms with Crippen molar-refractivity contribution in [2.24, 2.45) is 5.92 Å². The highest BCUT2D eigenvalue weighted by Crippen LogP contribution is 2.25. The Balaban J connectivity index is 2.06. The zero-order valence-corrected chi connectivity index (χ0v) is 11.6. The molecule has 0 radical (unpaired) electrons. The molecule has 3 heteroatoms. The summed E-state index contributed by atoms with van der Waals surface area (Å²) < 4.78 is 0. The minimum absolute atomic E-state index is 0.146. The van der Waals surface area contributed by atoms with Crippen molar-refractivity contribution in [3.63, 3.8) is 0 Å². The lowest BCUT2D eigenvalue weighted by Gasteiger charge is -2.21. The molecular formula is C14H25N3. The van der Waals surface area contributed by atoms with E-state index in [9.17, 15) is 0 Å². The molecule has 1 aromatic heterocycles. The van der Waals surface area contributed by atoms with Gasteiger partial charge in [-0.25, -0.2) is 4.98 Å². The average Bonchev–Trinajstić information content (AvgIpc) is 2.60. The molecule has 0 spiro atoms. The Kier molecular flexibility index (Phi) is 3.57. The minimum atomic E-state index is 0.146. The third-order valence-corrected chi connectivity index (χ3v) is 3.58. The van der Waals surface area contributed by atoms with Crippen LogP contribution in [0.4, 0.5) is 0 Å². The van der Waals surface area contributed by atoms with Crippen molar-refractivity contribution in [3.05, 3.63) is 17.2 Å². The van der Waals surface area contributed by atoms with Gasteiger partial charge in [0.15, 0.2) is 0 Å². The van der Waals surface area contributed by atoms with Crippen LogP contribution in [0.5, 0.6) is 0 Å². The molecule has 17 heavy (non-hydrogen) atoms. The van der Waals surface area contributed by atoms with E-state index in [1.54, 1.807) is 0 Å². The van der Waals surface area contributed by atoms with Gasteiger partial charge in [0.2, 0.25) is 0 Å². The van der Waals surface area contributed by atoms with Crippen molar-refractivity contribution in [1.29, 1.82) is 0 Å². The summed E-state index contributed by atoms with van der Waals surface area (Å²) in [5.41, 5.74) is 2.61. The summed E-state index contributed by atoms with van der Waals surface area (Å²) in [5.74, 6) is 1.98. The SMILES string of the molecule is Cc1[nH]c(CC2CCNCC2)nc1C(C)(C)C. The topological polar surface area (TPSA) is 40.7 Å². The van der Waals surface area contributed by atoms with Crippen LogP contribution in [0.1, 0.15) is 50.8 Å². The van der Waals surface area contributed by atoms with Crippen molar-refractivity contribution < 1.29 is 0 Å². The minimum Gasteiger partial charge on any atom is -0.346 e. The molecule has 3 nitrogen and oxygen atoms in total. The van der Waals surface area contributed by atoms with Gasteiger partial charge in [-0.1, -0.05) is 20.8 Å². The number of rotatable bonds is 2. The van der Waals surface area contributed by atoms with E-state index >= 15 is 0 Å². The highest BCUT2D eigenvalue weighted by molar-refractivity contribution is 5.21. The molecule has 2 N–H and O–H groups in total. The Labute approximate surface area is 104 Å². The summed E-state index contributed by atoms with van der Waals surface area (Å²) in [6.07, 6.45) is 3.67. The van der Waals surface area contributed by atoms with Gasteiger partial charge in [0.1, 0.15) is 5.82 Å². The maximum Gasteiger partial charge on any atom is 0.106 e. The van der Waals surface area contributed by atoms with Gasteiger partial charge in [-0.15, -0.1) is 0 Å². The summed E-state index contributed by atoms with van der Waals surface area (Å²) in [4.78, 5) is 8.27. The van der Waals surface area contributed by atoms with Crippen LogP contribution in [0, 0.1) is 12.8 Å². The maximum atomic E-state index is 4.80. The lowest BCUT2D eigenvalue weighted by molar-refractivity contribution is 0.367. The number of hydrogen-bond acceptors (Lipinski definition) is 2. The molecule has 0 aromatic carbocycles. The summed E-state index contributed by atoms with van der Waals surface area (Å²) >= 11 is 0. The Hall–Kier alpha value is -0.830. The third kappa shape index (κ3) is 3.09. The fourth-order valence-electron chi connectivity index (χ4n) is 2.71. The van der Waals surface area contributed by atoms with Crippen LogP contribution in [0.2, 0.25) is 0 Å². The number of nitrogens with zero attached hydrogens (tertiary/aromatic N) is 1. The van der Waals surface area contributed by atoms with Gasteiger partial charge >= 0.3 is 0 Å². The van der Waals surface area contributed by atoms with Crippen molar-refractivity contribution in [3.8, 4) is 0 Å². The highest BCUT2D eigenvalue weighted by atomic mass is 14.9. The Bertz CT molecular complexity index is 367. The molecule has 1 saturated heterocycles. The zero-order chi connectivity index (χ0) is 12.5. The maximum absolute atomic E-state index is 4.80. The molecule has 1 aliphatic rings. The van der Waals surface area contributed by atoms with Crippen LogP contribution in [-0.2, 0) is 11.8 Å². The highest BCUT2D eigenvalue weighted by Gasteiger charge is 2.22. The van der Waals surface area contributed by atoms with E-state index in [0.29, 0.717) is 0 Å². The first kappa shape index (κ1) is 12.6. The average molecular weight is 235 g/mol. The molecule has 96 valence electrons. The lowest BCUT2D eigenvalue weighted by atomic mass is 9.91. The molecule has 0 unspecified atom stereocenters. The number of hydrogen-bond donors (Lipinski definition) is 2. The van der Waals surface area contributed by atoms with Gasteiger partial charge < -0.3 is 10.3 Å². The molecule has 2 rings (SSSR count). The molecule has 1 aromatic rings. The van der Waals surface area contributed by atoms with E-state index in [0.717, 1.165) is 25.4 Å². The van der Waals surface area contributed by atoms with Gasteiger partial charge in [0.25, 0.3) is 0 Å². The Morgan fingerprint density at radius 3 is 2.41 bits per heavy atom. The second-order valence-electron chi connectivity index (χ2n) is 6.30. The van der Waals surface area contributed by atoms with E-state index < -0.39 is 0 Å². The molecule has 1 aliphatic heterocycles. The zero-order valence-electron chi connectivity index (χ0n) is 11.6. The number of H-pyrrole nitrogens is 1. The van der Waals surface area contributed by atoms with Crippen LogP contribution in [0.15, 0.2) is 0 Å². The van der Waals surface area contributed by atoms with Crippen LogP contribution >= 0.6 is 0 Å². The van der Waals surface area contributed by atoms with Gasteiger partial charge in [0, 0.05) is 17.5 Å². The van der Waals surface area contributed by atoms with Gasteiger partial charge in [0.05, 0.1) is 5.69 Å². The van der Waals surface area contributed by atoms with Crippen molar-refractivity contribution in [1.82, 2.24) is 15.3 Å². The molecule has 0 amide bonds. The summed E-state index contributed by atoms with van der Waals surface area (Å²) in [7, 11) is 0. The first-order valence-electron chi connectivity index (χ1n) is 6.73. The van der Waals surface area contributed by atoms with Crippen molar-refractivity contribution >= 4 is 0 Å². The lowest BCUT2D eigenvalue weighted by Crippen LogP contribution is -2.28. The molecular weight excluding hydrogens is 210 g/mol. The molecule has 0 aliphatic carbocycles. The first-order valence-corrected chi connectivity index (χ1v) is 6.73. The monoisotopic (exact) mass is 235 g/mol. The summed E-state index contributed by atoms with van der Waals surface area (Å²) in [6, 6.07) is 0. The number of aromatic nitrogens is 2. The summed E-state index contributed by atoms with van der Waals surface area (Å²) in [5, 5.41) is 3.41. The Morgan fingerprint density at radius 1 is 1.24 bits per heavy atom. The van der Waals surface area contributed by atoms with E-state index in [1.165, 1.54) is 30.1 Å². The second-order valence-corrected chi connectivity index (χ2v) is 6.30. The predicted molar refractivity (Wildman–Crippen MR) is 71.3 cm³/mol. The second kappa shape index (κ2) is 4.81. The fraction of sp³-hybridized carbons (Fsp3) is 0.786. The molecule has 0 bridgehead atoms. The van der Waals surface area contributed by atoms with Crippen LogP contribution in [-0.4, -0.2) is 23.1 Å². The predicted octanol–water partition coefficient (Wildman–Crippen LogP) is 2.56. The van der Waals surface area contributed by atoms with Gasteiger partial charge in [-0.05, 0) is 38.8 Å². The molecule has 0 saturated carbocycles. The normalized spacial score (nSPS) is 18.6. The van der Waals surface area contributed by atoms with Crippen molar-refractivity contribution in [2.45, 2.75) is 52.4 Å². The van der Waals surface area contributed by atoms with Crippen LogP contribution in [0.25, 0.3) is 0 Å². The van der Waals surface area contributed by atoms with Crippen molar-refractivity contribution in [2.75, 3.05) is 13.1 Å². The standard InChI is InChI=1S/C14H25N3/c1-10-13(14(2,3)4)17-12(16-10)9-11-5-7-15-8-6-11/h11,15H,5-9H2,1-4H3,(H,16,17). The smallest absolute Gasteiger partial charge is 0.106 e. The largest absolute Gasteiger partial charge is 0.346 e. The van der Waals surface area contributed by atoms with Gasteiger partial charge in [-0.3, -0.25) is 0 Å². The fourth-order valence-corrected chi connectivity index (χ4v) is 2.71. The van der Waals surface area contributed by atoms with E-state index in [1.807, 2.05) is 0 Å². The molecule has 0 atom stereocenters. The first-order chi connectivity index (χ1) is 7.97. The number of imidazole rings is 1. The summed E-state index contributed by atoms with van der Waals surface area (Å²) in [6.45, 7) is 11.1. The third-order valence-electron chi connectivity index (χ3n) is 3.58. The number of nitrogens with one attached hydrogen (secondary N) is 2. The molecule has 2 heterocycles. The van der Waals surface area contributed by atoms with E-state index in [4.69, 9.17) is 4.98 Å². The van der Waals surface area contributed by atoms with Gasteiger partial charge in [-0.2, -0.15) is 0 Å². The van der Waals surface area contributed by atoms with E-state index in [2.05, 4.69) is 38.0 Å². The van der Waals surface area contributed by atoms with E-state index in [-0.39, 0.29) is 5.41 Å². The molecule has 1 fully saturated rings. The van der Waals surface area contributed by atoms with Crippen LogP contribution < -0.4 is 5.32 Å². The Morgan fingerprint density at radius 2 is 1.88 bits per heavy atom. The quantitative estimate of drug-likeness (QED) is 0.827.